The summed E-state index contributed by atoms with van der Waals surface area (Å²) >= 11 is 1.43. The van der Waals surface area contributed by atoms with Gasteiger partial charge in [-0.1, -0.05) is 26.0 Å². The maximum atomic E-state index is 12.5. The summed E-state index contributed by atoms with van der Waals surface area (Å²) in [6, 6.07) is 7.39. The Labute approximate surface area is 135 Å². The summed E-state index contributed by atoms with van der Waals surface area (Å²) in [6.45, 7) is 6.90. The second-order valence-corrected chi connectivity index (χ2v) is 6.14. The highest BCUT2D eigenvalue weighted by Gasteiger charge is 2.37. The third-order valence-corrected chi connectivity index (χ3v) is 4.30. The van der Waals surface area contributed by atoms with Gasteiger partial charge in [-0.3, -0.25) is 14.5 Å². The average Bonchev–Trinajstić information content (AvgIpc) is 2.77. The highest BCUT2D eigenvalue weighted by atomic mass is 32.2. The number of ether oxygens (including phenoxy) is 1. The minimum atomic E-state index is -0.203. The monoisotopic (exact) mass is 319 g/mol. The van der Waals surface area contributed by atoms with Crippen LogP contribution in [0.5, 0.6) is 5.75 Å². The highest BCUT2D eigenvalue weighted by Crippen LogP contribution is 2.36. The van der Waals surface area contributed by atoms with Crippen LogP contribution in [-0.2, 0) is 9.59 Å². The van der Waals surface area contributed by atoms with Crippen LogP contribution in [0, 0.1) is 0 Å². The quantitative estimate of drug-likeness (QED) is 0.723. The number of likely N-dealkylation sites (N-methyl/N-ethyl adjacent to an activating group) is 1. The molecule has 0 atom stereocenters. The second-order valence-electron chi connectivity index (χ2n) is 4.86. The molecule has 0 radical (unpaired) electrons. The summed E-state index contributed by atoms with van der Waals surface area (Å²) in [5.74, 6) is 1.15. The van der Waals surface area contributed by atoms with Crippen molar-refractivity contribution in [3.63, 3.8) is 0 Å². The average molecular weight is 319 g/mol. The molecule has 0 spiro atoms. The van der Waals surface area contributed by atoms with Crippen LogP contribution >= 0.6 is 11.8 Å². The van der Waals surface area contributed by atoms with Crippen LogP contribution in [0.4, 0.5) is 0 Å². The fraction of sp³-hybridized carbons (Fsp3) is 0.412. The third kappa shape index (κ3) is 3.19. The molecule has 1 aliphatic rings. The molecule has 4 nitrogen and oxygen atoms in total. The standard InChI is InChI=1S/C17H21NO3S/c1-4-11-21-13-9-7-12(8-10-13)14-15(22-6-3)17(20)18(5-2)16(14)19/h7-10H,4-6,11H2,1-3H3. The van der Waals surface area contributed by atoms with Gasteiger partial charge in [0.1, 0.15) is 5.75 Å². The van der Waals surface area contributed by atoms with E-state index in [1.165, 1.54) is 16.7 Å². The first-order valence-electron chi connectivity index (χ1n) is 7.60. The van der Waals surface area contributed by atoms with Crippen molar-refractivity contribution in [1.29, 1.82) is 0 Å². The van der Waals surface area contributed by atoms with Crippen molar-refractivity contribution in [3.05, 3.63) is 34.7 Å². The SMILES string of the molecule is CCCOc1ccc(C2=C(SCC)C(=O)N(CC)C2=O)cc1. The topological polar surface area (TPSA) is 46.6 Å². The molecule has 0 fully saturated rings. The van der Waals surface area contributed by atoms with Crippen LogP contribution in [0.2, 0.25) is 0 Å². The van der Waals surface area contributed by atoms with E-state index < -0.39 is 0 Å². The van der Waals surface area contributed by atoms with Gasteiger partial charge in [0, 0.05) is 6.54 Å². The van der Waals surface area contributed by atoms with Gasteiger partial charge in [-0.15, -0.1) is 11.8 Å². The summed E-state index contributed by atoms with van der Waals surface area (Å²) in [7, 11) is 0. The zero-order valence-electron chi connectivity index (χ0n) is 13.2. The first-order chi connectivity index (χ1) is 10.6. The number of hydrogen-bond acceptors (Lipinski definition) is 4. The maximum Gasteiger partial charge on any atom is 0.267 e. The van der Waals surface area contributed by atoms with Gasteiger partial charge in [-0.2, -0.15) is 0 Å². The number of amides is 2. The minimum absolute atomic E-state index is 0.180. The lowest BCUT2D eigenvalue weighted by molar-refractivity contribution is -0.136. The van der Waals surface area contributed by atoms with Crippen LogP contribution in [-0.4, -0.2) is 35.6 Å². The number of imide groups is 1. The Bertz CT molecular complexity index is 592. The zero-order chi connectivity index (χ0) is 16.1. The Morgan fingerprint density at radius 3 is 2.27 bits per heavy atom. The Balaban J connectivity index is 2.34. The molecule has 1 aliphatic heterocycles. The van der Waals surface area contributed by atoms with Gasteiger partial charge in [-0.05, 0) is 36.8 Å². The van der Waals surface area contributed by atoms with E-state index in [-0.39, 0.29) is 11.8 Å². The summed E-state index contributed by atoms with van der Waals surface area (Å²) in [4.78, 5) is 26.7. The molecule has 0 bridgehead atoms. The molecule has 5 heteroatoms. The largest absolute Gasteiger partial charge is 0.494 e. The van der Waals surface area contributed by atoms with Crippen LogP contribution in [0.15, 0.2) is 29.2 Å². The van der Waals surface area contributed by atoms with E-state index in [9.17, 15) is 9.59 Å². The van der Waals surface area contributed by atoms with Crippen LogP contribution in [0.25, 0.3) is 5.57 Å². The molecule has 0 saturated heterocycles. The molecule has 1 aromatic rings. The smallest absolute Gasteiger partial charge is 0.267 e. The Hall–Kier alpha value is -1.75. The number of benzene rings is 1. The normalized spacial score (nSPS) is 15.0. The predicted molar refractivity (Wildman–Crippen MR) is 89.7 cm³/mol. The number of carbonyl (C=O) groups is 2. The van der Waals surface area contributed by atoms with Crippen molar-refractivity contribution in [1.82, 2.24) is 4.90 Å². The molecule has 118 valence electrons. The molecular weight excluding hydrogens is 298 g/mol. The molecule has 0 saturated carbocycles. The molecule has 1 aromatic carbocycles. The van der Waals surface area contributed by atoms with E-state index in [1.807, 2.05) is 38.1 Å². The molecule has 22 heavy (non-hydrogen) atoms. The van der Waals surface area contributed by atoms with Gasteiger partial charge in [0.25, 0.3) is 11.8 Å². The van der Waals surface area contributed by atoms with Crippen molar-refractivity contribution in [2.75, 3.05) is 18.9 Å². The number of carbonyl (C=O) groups excluding carboxylic acids is 2. The lowest BCUT2D eigenvalue weighted by Crippen LogP contribution is -2.31. The summed E-state index contributed by atoms with van der Waals surface area (Å²) in [6.07, 6.45) is 0.947. The Morgan fingerprint density at radius 2 is 1.73 bits per heavy atom. The Morgan fingerprint density at radius 1 is 1.05 bits per heavy atom. The molecule has 2 rings (SSSR count). The highest BCUT2D eigenvalue weighted by molar-refractivity contribution is 8.04. The van der Waals surface area contributed by atoms with Crippen LogP contribution in [0.3, 0.4) is 0 Å². The number of thioether (sulfide) groups is 1. The minimum Gasteiger partial charge on any atom is -0.494 e. The maximum absolute atomic E-state index is 12.5. The van der Waals surface area contributed by atoms with Crippen molar-refractivity contribution in [2.45, 2.75) is 27.2 Å². The summed E-state index contributed by atoms with van der Waals surface area (Å²) in [5, 5.41) is 0. The van der Waals surface area contributed by atoms with E-state index in [2.05, 4.69) is 6.92 Å². The van der Waals surface area contributed by atoms with E-state index in [4.69, 9.17) is 4.74 Å². The van der Waals surface area contributed by atoms with E-state index in [0.717, 1.165) is 23.5 Å². The fourth-order valence-electron chi connectivity index (χ4n) is 2.31. The fourth-order valence-corrected chi connectivity index (χ4v) is 3.18. The van der Waals surface area contributed by atoms with Gasteiger partial charge in [0.05, 0.1) is 17.1 Å². The van der Waals surface area contributed by atoms with Crippen LogP contribution < -0.4 is 4.74 Å². The third-order valence-electron chi connectivity index (χ3n) is 3.35. The van der Waals surface area contributed by atoms with Gasteiger partial charge in [0.2, 0.25) is 0 Å². The summed E-state index contributed by atoms with van der Waals surface area (Å²) in [5.41, 5.74) is 1.29. The lowest BCUT2D eigenvalue weighted by atomic mass is 10.1. The lowest BCUT2D eigenvalue weighted by Gasteiger charge is -2.11. The molecule has 0 aromatic heterocycles. The second kappa shape index (κ2) is 7.49. The molecule has 2 amide bonds. The van der Waals surface area contributed by atoms with Crippen molar-refractivity contribution in [3.8, 4) is 5.75 Å². The first-order valence-corrected chi connectivity index (χ1v) is 8.59. The van der Waals surface area contributed by atoms with Crippen molar-refractivity contribution in [2.24, 2.45) is 0 Å². The van der Waals surface area contributed by atoms with E-state index >= 15 is 0 Å². The number of nitrogens with zero attached hydrogens (tertiary/aromatic N) is 1. The number of hydrogen-bond donors (Lipinski definition) is 0. The first kappa shape index (κ1) is 16.6. The Kier molecular flexibility index (Phi) is 5.66. The number of rotatable bonds is 7. The van der Waals surface area contributed by atoms with Gasteiger partial charge < -0.3 is 4.74 Å². The molecule has 1 heterocycles. The molecule has 0 unspecified atom stereocenters. The zero-order valence-corrected chi connectivity index (χ0v) is 14.0. The van der Waals surface area contributed by atoms with Gasteiger partial charge in [-0.25, -0.2) is 0 Å². The van der Waals surface area contributed by atoms with Gasteiger partial charge in [0.15, 0.2) is 0 Å². The van der Waals surface area contributed by atoms with E-state index in [0.29, 0.717) is 23.6 Å². The summed E-state index contributed by atoms with van der Waals surface area (Å²) < 4.78 is 5.55. The van der Waals surface area contributed by atoms with Crippen LogP contribution in [0.1, 0.15) is 32.8 Å². The molecule has 0 aliphatic carbocycles. The van der Waals surface area contributed by atoms with Crippen molar-refractivity contribution >= 4 is 29.1 Å². The van der Waals surface area contributed by atoms with E-state index in [1.54, 1.807) is 0 Å². The predicted octanol–water partition coefficient (Wildman–Crippen LogP) is 3.33. The molecular formula is C17H21NO3S. The van der Waals surface area contributed by atoms with Gasteiger partial charge >= 0.3 is 0 Å². The van der Waals surface area contributed by atoms with Crippen molar-refractivity contribution < 1.29 is 14.3 Å². The molecule has 0 N–H and O–H groups in total.